The molecule has 2 aliphatic heterocycles. The zero-order valence-corrected chi connectivity index (χ0v) is 20.4. The summed E-state index contributed by atoms with van der Waals surface area (Å²) in [7, 11) is 3.45. The van der Waals surface area contributed by atoms with Crippen molar-refractivity contribution in [1.82, 2.24) is 20.7 Å². The number of fused-ring (bicyclic) bond motifs is 1. The summed E-state index contributed by atoms with van der Waals surface area (Å²) in [5, 5.41) is 5.96. The average molecular weight is 487 g/mol. The van der Waals surface area contributed by atoms with Gasteiger partial charge in [-0.05, 0) is 47.4 Å². The molecule has 5 rings (SSSR count). The Bertz CT molecular complexity index is 1260. The molecule has 7 heteroatoms. The molecule has 6 nitrogen and oxygen atoms in total. The van der Waals surface area contributed by atoms with Gasteiger partial charge in [0.05, 0.1) is 0 Å². The van der Waals surface area contributed by atoms with Gasteiger partial charge in [0, 0.05) is 48.4 Å². The summed E-state index contributed by atoms with van der Waals surface area (Å²) in [6, 6.07) is 25.5. The quantitative estimate of drug-likeness (QED) is 0.571. The number of rotatable bonds is 5. The lowest BCUT2D eigenvalue weighted by Crippen LogP contribution is -2.52. The van der Waals surface area contributed by atoms with Crippen molar-refractivity contribution >= 4 is 29.1 Å². The molecule has 2 heterocycles. The summed E-state index contributed by atoms with van der Waals surface area (Å²) in [6.07, 6.45) is 2.10. The fraction of sp³-hybridized carbons (Fsp3) is 0.214. The summed E-state index contributed by atoms with van der Waals surface area (Å²) in [4.78, 5) is 27.0. The van der Waals surface area contributed by atoms with Crippen LogP contribution in [0.15, 0.2) is 84.9 Å². The smallest absolute Gasteiger partial charge is 0.264 e. The number of halogens is 1. The van der Waals surface area contributed by atoms with E-state index in [1.807, 2.05) is 54.6 Å². The van der Waals surface area contributed by atoms with Gasteiger partial charge in [0.1, 0.15) is 6.17 Å². The Hall–Kier alpha value is -3.61. The molecule has 3 unspecified atom stereocenters. The highest BCUT2D eigenvalue weighted by Crippen LogP contribution is 2.36. The monoisotopic (exact) mass is 486 g/mol. The van der Waals surface area contributed by atoms with E-state index in [0.29, 0.717) is 10.6 Å². The van der Waals surface area contributed by atoms with E-state index >= 15 is 0 Å². The molecular formula is C28H27ClN4O2. The van der Waals surface area contributed by atoms with Crippen LogP contribution in [0, 0.1) is 0 Å². The highest BCUT2D eigenvalue weighted by Gasteiger charge is 2.46. The van der Waals surface area contributed by atoms with Crippen LogP contribution in [0.5, 0.6) is 0 Å². The van der Waals surface area contributed by atoms with Gasteiger partial charge in [0.2, 0.25) is 0 Å². The van der Waals surface area contributed by atoms with Crippen molar-refractivity contribution in [3.8, 4) is 0 Å². The van der Waals surface area contributed by atoms with E-state index in [4.69, 9.17) is 11.6 Å². The summed E-state index contributed by atoms with van der Waals surface area (Å²) in [5.74, 6) is -0.169. The molecule has 2 aliphatic rings. The molecule has 0 spiro atoms. The van der Waals surface area contributed by atoms with Gasteiger partial charge >= 0.3 is 0 Å². The predicted molar refractivity (Wildman–Crippen MR) is 137 cm³/mol. The first-order valence-corrected chi connectivity index (χ1v) is 12.0. The molecule has 1 saturated heterocycles. The topological polar surface area (TPSA) is 64.7 Å². The molecule has 0 saturated carbocycles. The minimum Gasteiger partial charge on any atom is -0.363 e. The summed E-state index contributed by atoms with van der Waals surface area (Å²) in [6.45, 7) is 0. The number of benzene rings is 3. The number of amides is 2. The van der Waals surface area contributed by atoms with Gasteiger partial charge < -0.3 is 10.2 Å². The lowest BCUT2D eigenvalue weighted by molar-refractivity contribution is -0.131. The largest absolute Gasteiger partial charge is 0.363 e. The highest BCUT2D eigenvalue weighted by molar-refractivity contribution is 6.30. The van der Waals surface area contributed by atoms with Gasteiger partial charge in [-0.2, -0.15) is 0 Å². The van der Waals surface area contributed by atoms with E-state index < -0.39 is 0 Å². The minimum absolute atomic E-state index is 0.00489. The van der Waals surface area contributed by atoms with E-state index in [1.165, 1.54) is 5.56 Å². The molecule has 2 N–H and O–H groups in total. The molecule has 35 heavy (non-hydrogen) atoms. The molecule has 3 atom stereocenters. The van der Waals surface area contributed by atoms with Crippen LogP contribution in [0.2, 0.25) is 5.02 Å². The number of carbonyl (C=O) groups is 2. The van der Waals surface area contributed by atoms with Crippen molar-refractivity contribution in [3.05, 3.63) is 112 Å². The second-order valence-electron chi connectivity index (χ2n) is 9.14. The predicted octanol–water partition coefficient (Wildman–Crippen LogP) is 4.05. The van der Waals surface area contributed by atoms with Crippen molar-refractivity contribution in [2.75, 3.05) is 14.1 Å². The van der Waals surface area contributed by atoms with Gasteiger partial charge in [-0.15, -0.1) is 0 Å². The Morgan fingerprint density at radius 1 is 0.971 bits per heavy atom. The van der Waals surface area contributed by atoms with Crippen molar-refractivity contribution in [2.45, 2.75) is 24.5 Å². The summed E-state index contributed by atoms with van der Waals surface area (Å²) >= 11 is 6.17. The van der Waals surface area contributed by atoms with Gasteiger partial charge in [-0.3, -0.25) is 14.6 Å². The summed E-state index contributed by atoms with van der Waals surface area (Å²) < 4.78 is 0. The third-order valence-electron chi connectivity index (χ3n) is 6.57. The Morgan fingerprint density at radius 3 is 2.31 bits per heavy atom. The fourth-order valence-electron chi connectivity index (χ4n) is 4.83. The van der Waals surface area contributed by atoms with Crippen LogP contribution in [-0.2, 0) is 11.2 Å². The zero-order chi connectivity index (χ0) is 24.5. The second-order valence-corrected chi connectivity index (χ2v) is 9.57. The molecule has 2 amide bonds. The van der Waals surface area contributed by atoms with Gasteiger partial charge in [0.25, 0.3) is 11.8 Å². The van der Waals surface area contributed by atoms with Crippen molar-refractivity contribution < 1.29 is 9.59 Å². The lowest BCUT2D eigenvalue weighted by Gasteiger charge is -2.33. The van der Waals surface area contributed by atoms with Crippen molar-refractivity contribution in [3.63, 3.8) is 0 Å². The first kappa shape index (κ1) is 23.1. The fourth-order valence-corrected chi connectivity index (χ4v) is 4.95. The lowest BCUT2D eigenvalue weighted by atomic mass is 9.86. The molecule has 1 fully saturated rings. The van der Waals surface area contributed by atoms with Gasteiger partial charge in [-0.25, -0.2) is 5.43 Å². The maximum absolute atomic E-state index is 13.2. The molecular weight excluding hydrogens is 460 g/mol. The van der Waals surface area contributed by atoms with Crippen molar-refractivity contribution in [2.24, 2.45) is 0 Å². The number of nitrogens with zero attached hydrogens (tertiary/aromatic N) is 2. The first-order chi connectivity index (χ1) is 16.9. The molecule has 3 aromatic rings. The summed E-state index contributed by atoms with van der Waals surface area (Å²) in [5.41, 5.74) is 7.95. The Balaban J connectivity index is 1.45. The van der Waals surface area contributed by atoms with Crippen LogP contribution >= 0.6 is 11.6 Å². The molecule has 178 valence electrons. The van der Waals surface area contributed by atoms with Crippen LogP contribution in [0.1, 0.15) is 33.0 Å². The van der Waals surface area contributed by atoms with E-state index in [-0.39, 0.29) is 29.9 Å². The maximum Gasteiger partial charge on any atom is 0.264 e. The number of hydrogen-bond acceptors (Lipinski definition) is 4. The van der Waals surface area contributed by atoms with Crippen LogP contribution < -0.4 is 10.7 Å². The van der Waals surface area contributed by atoms with Crippen LogP contribution in [0.25, 0.3) is 5.70 Å². The number of nitrogens with one attached hydrogen (secondary N) is 2. The first-order valence-electron chi connectivity index (χ1n) is 11.6. The maximum atomic E-state index is 13.2. The normalized spacial score (nSPS) is 21.2. The van der Waals surface area contributed by atoms with E-state index in [1.54, 1.807) is 42.2 Å². The Labute approximate surface area is 210 Å². The third kappa shape index (κ3) is 4.67. The standard InChI is InChI=1S/C28H27ClN4O2/c1-32(2)28(35)21-10-8-19(9-11-21)23-17-25(34)33-27(30-23)26(20-12-14-22(29)15-13-20)24(31-33)16-18-6-4-3-5-7-18/h3-15,17,24,26-27,30-31H,16H2,1-2H3. The number of hydrazine groups is 1. The minimum atomic E-state index is -0.277. The van der Waals surface area contributed by atoms with Crippen LogP contribution in [0.3, 0.4) is 0 Å². The SMILES string of the molecule is CN(C)C(=O)c1ccc(C2=CC(=O)N3NC(Cc4ccccc4)C(c4ccc(Cl)cc4)C3N2)cc1. The molecule has 0 aliphatic carbocycles. The molecule has 3 aromatic carbocycles. The average Bonchev–Trinajstić information content (AvgIpc) is 3.23. The van der Waals surface area contributed by atoms with Gasteiger partial charge in [-0.1, -0.05) is 66.2 Å². The van der Waals surface area contributed by atoms with Crippen molar-refractivity contribution in [1.29, 1.82) is 0 Å². The molecule has 0 aromatic heterocycles. The highest BCUT2D eigenvalue weighted by atomic mass is 35.5. The third-order valence-corrected chi connectivity index (χ3v) is 6.82. The Kier molecular flexibility index (Phi) is 6.32. The van der Waals surface area contributed by atoms with Crippen LogP contribution in [-0.4, -0.2) is 48.0 Å². The zero-order valence-electron chi connectivity index (χ0n) is 19.6. The Morgan fingerprint density at radius 2 is 1.66 bits per heavy atom. The van der Waals surface area contributed by atoms with E-state index in [9.17, 15) is 9.59 Å². The van der Waals surface area contributed by atoms with Crippen LogP contribution in [0.4, 0.5) is 0 Å². The van der Waals surface area contributed by atoms with E-state index in [2.05, 4.69) is 22.9 Å². The molecule has 0 bridgehead atoms. The second kappa shape index (κ2) is 9.56. The number of hydrogen-bond donors (Lipinski definition) is 2. The number of carbonyl (C=O) groups excluding carboxylic acids is 2. The molecule has 0 radical (unpaired) electrons. The van der Waals surface area contributed by atoms with E-state index in [0.717, 1.165) is 23.2 Å². The van der Waals surface area contributed by atoms with Gasteiger partial charge in [0.15, 0.2) is 0 Å².